The van der Waals surface area contributed by atoms with E-state index in [0.717, 1.165) is 42.7 Å². The Kier molecular flexibility index (Phi) is 4.80. The lowest BCUT2D eigenvalue weighted by molar-refractivity contribution is 0.748. The van der Waals surface area contributed by atoms with Crippen LogP contribution in [-0.2, 0) is 6.42 Å². The number of pyridine rings is 1. The van der Waals surface area contributed by atoms with Crippen LogP contribution >= 0.6 is 0 Å². The fraction of sp³-hybridized carbons (Fsp3) is 0.174. The van der Waals surface area contributed by atoms with Crippen molar-refractivity contribution in [2.75, 3.05) is 6.54 Å². The number of aromatic nitrogens is 2. The number of nitrogens with one attached hydrogen (secondary N) is 1. The molecule has 0 aliphatic carbocycles. The van der Waals surface area contributed by atoms with Crippen LogP contribution in [0.3, 0.4) is 0 Å². The summed E-state index contributed by atoms with van der Waals surface area (Å²) < 4.78 is 0. The third-order valence-corrected chi connectivity index (χ3v) is 4.82. The van der Waals surface area contributed by atoms with E-state index < -0.39 is 0 Å². The van der Waals surface area contributed by atoms with Crippen LogP contribution in [0.4, 0.5) is 0 Å². The molecule has 0 aliphatic heterocycles. The molecule has 2 aromatic carbocycles. The largest absolute Gasteiger partial charge is 0.353 e. The summed E-state index contributed by atoms with van der Waals surface area (Å²) in [5, 5.41) is 1.28. The van der Waals surface area contributed by atoms with E-state index in [0.29, 0.717) is 0 Å². The van der Waals surface area contributed by atoms with Crippen LogP contribution in [0, 0.1) is 0 Å². The molecule has 2 aromatic heterocycles. The molecule has 0 amide bonds. The fourth-order valence-corrected chi connectivity index (χ4v) is 3.49. The zero-order valence-corrected chi connectivity index (χ0v) is 14.8. The second-order valence-corrected chi connectivity index (χ2v) is 6.57. The van der Waals surface area contributed by atoms with Gasteiger partial charge in [-0.1, -0.05) is 42.5 Å². The number of benzene rings is 2. The van der Waals surface area contributed by atoms with Crippen molar-refractivity contribution in [1.29, 1.82) is 0 Å². The molecule has 3 N–H and O–H groups in total. The first-order valence-electron chi connectivity index (χ1n) is 9.18. The van der Waals surface area contributed by atoms with Crippen LogP contribution in [0.15, 0.2) is 72.9 Å². The van der Waals surface area contributed by atoms with Crippen molar-refractivity contribution in [2.24, 2.45) is 5.73 Å². The summed E-state index contributed by atoms with van der Waals surface area (Å²) in [7, 11) is 0. The average molecular weight is 341 g/mol. The van der Waals surface area contributed by atoms with Gasteiger partial charge in [-0.15, -0.1) is 0 Å². The standard InChI is InChI=1S/C23H23N3/c24-14-6-4-10-19-20-16-18(17-8-2-1-3-9-17)12-13-21(20)26-23(19)22-11-5-7-15-25-22/h1-3,5,7-9,11-13,15-16,26H,4,6,10,14,24H2. The number of hydrogen-bond donors (Lipinski definition) is 2. The van der Waals surface area contributed by atoms with Gasteiger partial charge in [-0.3, -0.25) is 4.98 Å². The number of hydrogen-bond acceptors (Lipinski definition) is 2. The smallest absolute Gasteiger partial charge is 0.0867 e. The van der Waals surface area contributed by atoms with Gasteiger partial charge in [0.15, 0.2) is 0 Å². The van der Waals surface area contributed by atoms with Gasteiger partial charge in [-0.05, 0) is 66.8 Å². The van der Waals surface area contributed by atoms with E-state index >= 15 is 0 Å². The molecule has 0 aliphatic rings. The fourth-order valence-electron chi connectivity index (χ4n) is 3.49. The third-order valence-electron chi connectivity index (χ3n) is 4.82. The minimum absolute atomic E-state index is 0.733. The van der Waals surface area contributed by atoms with Gasteiger partial charge in [-0.25, -0.2) is 0 Å². The molecule has 4 aromatic rings. The Labute approximate surface area is 153 Å². The van der Waals surface area contributed by atoms with Gasteiger partial charge in [0, 0.05) is 17.1 Å². The molecule has 0 fully saturated rings. The SMILES string of the molecule is NCCCCc1c(-c2ccccn2)[nH]c2ccc(-c3ccccc3)cc12. The molecule has 3 nitrogen and oxygen atoms in total. The molecule has 26 heavy (non-hydrogen) atoms. The quantitative estimate of drug-likeness (QED) is 0.475. The molecule has 0 unspecified atom stereocenters. The van der Waals surface area contributed by atoms with Crippen molar-refractivity contribution >= 4 is 10.9 Å². The molecule has 0 saturated heterocycles. The Morgan fingerprint density at radius 1 is 0.846 bits per heavy atom. The number of aryl methyl sites for hydroxylation is 1. The monoisotopic (exact) mass is 341 g/mol. The lowest BCUT2D eigenvalue weighted by Crippen LogP contribution is -1.99. The third kappa shape index (κ3) is 3.26. The first kappa shape index (κ1) is 16.6. The van der Waals surface area contributed by atoms with Crippen molar-refractivity contribution in [1.82, 2.24) is 9.97 Å². The summed E-state index contributed by atoms with van der Waals surface area (Å²) in [4.78, 5) is 8.15. The molecule has 0 radical (unpaired) electrons. The van der Waals surface area contributed by atoms with Crippen LogP contribution in [0.5, 0.6) is 0 Å². The highest BCUT2D eigenvalue weighted by Gasteiger charge is 2.14. The van der Waals surface area contributed by atoms with E-state index in [4.69, 9.17) is 5.73 Å². The number of rotatable bonds is 6. The molecule has 2 heterocycles. The lowest BCUT2D eigenvalue weighted by atomic mass is 9.99. The Bertz CT molecular complexity index is 988. The van der Waals surface area contributed by atoms with Crippen LogP contribution in [-0.4, -0.2) is 16.5 Å². The molecular formula is C23H23N3. The number of H-pyrrole nitrogens is 1. The molecule has 130 valence electrons. The summed E-state index contributed by atoms with van der Waals surface area (Å²) in [5.41, 5.74) is 12.8. The van der Waals surface area contributed by atoms with Gasteiger partial charge in [-0.2, -0.15) is 0 Å². The Morgan fingerprint density at radius 3 is 2.46 bits per heavy atom. The zero-order chi connectivity index (χ0) is 17.8. The van der Waals surface area contributed by atoms with Crippen molar-refractivity contribution in [2.45, 2.75) is 19.3 Å². The van der Waals surface area contributed by atoms with E-state index in [-0.39, 0.29) is 0 Å². The normalized spacial score (nSPS) is 11.1. The van der Waals surface area contributed by atoms with Crippen molar-refractivity contribution in [3.63, 3.8) is 0 Å². The predicted molar refractivity (Wildman–Crippen MR) is 109 cm³/mol. The van der Waals surface area contributed by atoms with Crippen molar-refractivity contribution in [3.8, 4) is 22.5 Å². The lowest BCUT2D eigenvalue weighted by Gasteiger charge is -2.06. The number of fused-ring (bicyclic) bond motifs is 1. The van der Waals surface area contributed by atoms with E-state index in [9.17, 15) is 0 Å². The molecule has 0 bridgehead atoms. The van der Waals surface area contributed by atoms with Crippen LogP contribution in [0.25, 0.3) is 33.4 Å². The van der Waals surface area contributed by atoms with Gasteiger partial charge in [0.2, 0.25) is 0 Å². The maximum Gasteiger partial charge on any atom is 0.0867 e. The number of unbranched alkanes of at least 4 members (excludes halogenated alkanes) is 1. The van der Waals surface area contributed by atoms with Crippen LogP contribution < -0.4 is 5.73 Å². The summed E-state index contributed by atoms with van der Waals surface area (Å²) in [6.45, 7) is 0.733. The summed E-state index contributed by atoms with van der Waals surface area (Å²) in [6, 6.07) is 23.2. The van der Waals surface area contributed by atoms with Gasteiger partial charge >= 0.3 is 0 Å². The highest BCUT2D eigenvalue weighted by molar-refractivity contribution is 5.93. The summed E-state index contributed by atoms with van der Waals surface area (Å²) >= 11 is 0. The zero-order valence-electron chi connectivity index (χ0n) is 14.8. The van der Waals surface area contributed by atoms with E-state index in [1.807, 2.05) is 18.3 Å². The first-order chi connectivity index (χ1) is 12.9. The molecule has 4 rings (SSSR count). The highest BCUT2D eigenvalue weighted by Crippen LogP contribution is 2.33. The van der Waals surface area contributed by atoms with Crippen molar-refractivity contribution < 1.29 is 0 Å². The van der Waals surface area contributed by atoms with Crippen molar-refractivity contribution in [3.05, 3.63) is 78.5 Å². The van der Waals surface area contributed by atoms with Gasteiger partial charge < -0.3 is 10.7 Å². The van der Waals surface area contributed by atoms with Gasteiger partial charge in [0.05, 0.1) is 11.4 Å². The topological polar surface area (TPSA) is 54.7 Å². The number of aromatic amines is 1. The molecule has 0 spiro atoms. The second-order valence-electron chi connectivity index (χ2n) is 6.57. The molecular weight excluding hydrogens is 318 g/mol. The minimum atomic E-state index is 0.733. The molecule has 3 heteroatoms. The van der Waals surface area contributed by atoms with E-state index in [2.05, 4.69) is 64.6 Å². The van der Waals surface area contributed by atoms with Gasteiger partial charge in [0.25, 0.3) is 0 Å². The van der Waals surface area contributed by atoms with Crippen LogP contribution in [0.1, 0.15) is 18.4 Å². The summed E-state index contributed by atoms with van der Waals surface area (Å²) in [5.74, 6) is 0. The first-order valence-corrected chi connectivity index (χ1v) is 9.18. The Morgan fingerprint density at radius 2 is 1.69 bits per heavy atom. The second kappa shape index (κ2) is 7.54. The maximum atomic E-state index is 5.71. The summed E-state index contributed by atoms with van der Waals surface area (Å²) in [6.07, 6.45) is 4.97. The molecule has 0 atom stereocenters. The average Bonchev–Trinajstić information content (AvgIpc) is 3.07. The highest BCUT2D eigenvalue weighted by atomic mass is 14.8. The number of nitrogens with zero attached hydrogens (tertiary/aromatic N) is 1. The Hall–Kier alpha value is -2.91. The van der Waals surface area contributed by atoms with E-state index in [1.165, 1.54) is 22.1 Å². The number of nitrogens with two attached hydrogens (primary N) is 1. The van der Waals surface area contributed by atoms with Crippen LogP contribution in [0.2, 0.25) is 0 Å². The predicted octanol–water partition coefficient (Wildman–Crippen LogP) is 5.18. The molecule has 0 saturated carbocycles. The van der Waals surface area contributed by atoms with E-state index in [1.54, 1.807) is 0 Å². The maximum absolute atomic E-state index is 5.71. The Balaban J connectivity index is 1.84. The van der Waals surface area contributed by atoms with Gasteiger partial charge in [0.1, 0.15) is 0 Å². The minimum Gasteiger partial charge on any atom is -0.353 e.